The Balaban J connectivity index is 0.000000154. The van der Waals surface area contributed by atoms with E-state index in [0.29, 0.717) is 123 Å². The zero-order valence-corrected chi connectivity index (χ0v) is 46.3. The van der Waals surface area contributed by atoms with Crippen LogP contribution in [0.2, 0.25) is 15.6 Å². The molecule has 0 bridgehead atoms. The number of hydrogen-bond donors (Lipinski definition) is 2. The smallest absolute Gasteiger partial charge is 0.399 e. The van der Waals surface area contributed by atoms with Crippen molar-refractivity contribution >= 4 is 113 Å². The van der Waals surface area contributed by atoms with Crippen LogP contribution in [0.15, 0.2) is 48.8 Å². The van der Waals surface area contributed by atoms with Gasteiger partial charge in [0.15, 0.2) is 5.82 Å². The predicted octanol–water partition coefficient (Wildman–Crippen LogP) is 6.18. The first kappa shape index (κ1) is 56.5. The van der Waals surface area contributed by atoms with E-state index in [1.807, 2.05) is 52.9 Å². The number of pyridine rings is 2. The van der Waals surface area contributed by atoms with E-state index in [4.69, 9.17) is 63.6 Å². The van der Waals surface area contributed by atoms with Gasteiger partial charge in [0.2, 0.25) is 5.28 Å². The van der Waals surface area contributed by atoms with Gasteiger partial charge in [-0.3, -0.25) is 0 Å². The Bertz CT molecular complexity index is 3230. The highest BCUT2D eigenvalue weighted by molar-refractivity contribution is 7.90. The van der Waals surface area contributed by atoms with Crippen LogP contribution >= 0.6 is 34.8 Å². The largest absolute Gasteiger partial charge is 0.495 e. The summed E-state index contributed by atoms with van der Waals surface area (Å²) in [5.41, 5.74) is 2.24. The number of nitrogens with one attached hydrogen (secondary N) is 2. The number of H-pyrrole nitrogens is 2. The Morgan fingerprint density at radius 3 is 1.60 bits per heavy atom. The number of ether oxygens (including phenoxy) is 2. The van der Waals surface area contributed by atoms with Gasteiger partial charge in [-0.25, -0.2) is 33.5 Å². The van der Waals surface area contributed by atoms with Gasteiger partial charge in [-0.15, -0.1) is 0 Å². The monoisotopic (exact) mass is 1130 g/mol. The Labute approximate surface area is 453 Å². The van der Waals surface area contributed by atoms with Crippen molar-refractivity contribution in [1.82, 2.24) is 48.5 Å². The molecule has 5 fully saturated rings. The molecule has 2 atom stereocenters. The van der Waals surface area contributed by atoms with E-state index in [1.54, 1.807) is 44.6 Å². The van der Waals surface area contributed by atoms with Crippen molar-refractivity contribution in [2.45, 2.75) is 85.1 Å². The Morgan fingerprint density at radius 1 is 0.613 bits per heavy atom. The van der Waals surface area contributed by atoms with Crippen molar-refractivity contribution in [1.29, 1.82) is 0 Å². The molecule has 0 aliphatic carbocycles. The molecule has 6 aromatic rings. The van der Waals surface area contributed by atoms with Gasteiger partial charge in [0, 0.05) is 94.2 Å². The average molecular weight is 1130 g/mol. The van der Waals surface area contributed by atoms with Crippen LogP contribution in [-0.4, -0.2) is 176 Å². The van der Waals surface area contributed by atoms with E-state index in [2.05, 4.69) is 46.6 Å². The highest BCUT2D eigenvalue weighted by Gasteiger charge is 2.52. The first-order chi connectivity index (χ1) is 35.0. The van der Waals surface area contributed by atoms with Gasteiger partial charge in [-0.05, 0) is 95.7 Å². The number of rotatable bonds is 6. The number of halogens is 3. The molecule has 5 aliphatic heterocycles. The third kappa shape index (κ3) is 11.6. The van der Waals surface area contributed by atoms with E-state index < -0.39 is 27.5 Å². The predicted molar refractivity (Wildman–Crippen MR) is 295 cm³/mol. The molecular weight excluding hydrogens is 1070 g/mol. The Morgan fingerprint density at radius 2 is 1.07 bits per heavy atom. The van der Waals surface area contributed by atoms with Gasteiger partial charge in [-0.2, -0.15) is 30.4 Å². The van der Waals surface area contributed by atoms with Crippen LogP contribution in [0.25, 0.3) is 33.5 Å². The highest BCUT2D eigenvalue weighted by atomic mass is 35.5. The van der Waals surface area contributed by atoms with Crippen molar-refractivity contribution in [3.8, 4) is 11.4 Å². The van der Waals surface area contributed by atoms with Crippen LogP contribution < -0.4 is 23.9 Å². The summed E-state index contributed by atoms with van der Waals surface area (Å²) in [6.45, 7) is 17.6. The minimum Gasteiger partial charge on any atom is -0.399 e. The van der Waals surface area contributed by atoms with E-state index in [-0.39, 0.29) is 36.0 Å². The molecule has 28 heteroatoms. The minimum atomic E-state index is -3.67. The van der Waals surface area contributed by atoms with Crippen molar-refractivity contribution in [3.05, 3.63) is 64.4 Å². The van der Waals surface area contributed by atoms with E-state index in [0.717, 1.165) is 28.3 Å². The van der Waals surface area contributed by atoms with Gasteiger partial charge in [0.1, 0.15) is 44.9 Å². The molecule has 22 nitrogen and oxygen atoms in total. The number of hydrogen-bond acceptors (Lipinski definition) is 16. The lowest BCUT2D eigenvalue weighted by atomic mass is 9.78. The molecule has 75 heavy (non-hydrogen) atoms. The van der Waals surface area contributed by atoms with Crippen LogP contribution in [0.4, 0.5) is 23.3 Å². The van der Waals surface area contributed by atoms with Gasteiger partial charge < -0.3 is 38.6 Å². The molecule has 11 heterocycles. The summed E-state index contributed by atoms with van der Waals surface area (Å²) in [6, 6.07) is 11.0. The second-order valence-electron chi connectivity index (χ2n) is 19.6. The maximum absolute atomic E-state index is 13.1. The summed E-state index contributed by atoms with van der Waals surface area (Å²) in [5.74, 6) is 2.32. The van der Waals surface area contributed by atoms with Gasteiger partial charge in [-0.1, -0.05) is 30.6 Å². The van der Waals surface area contributed by atoms with Crippen molar-refractivity contribution < 1.29 is 35.6 Å². The Kier molecular flexibility index (Phi) is 16.9. The summed E-state index contributed by atoms with van der Waals surface area (Å²) >= 11 is 18.4. The van der Waals surface area contributed by atoms with Crippen LogP contribution in [0.5, 0.6) is 0 Å². The van der Waals surface area contributed by atoms with E-state index >= 15 is 0 Å². The first-order valence-electron chi connectivity index (χ1n) is 24.3. The zero-order valence-electron chi connectivity index (χ0n) is 42.4. The van der Waals surface area contributed by atoms with E-state index in [1.165, 1.54) is 17.2 Å². The van der Waals surface area contributed by atoms with Crippen LogP contribution in [0.1, 0.15) is 61.8 Å². The molecule has 0 aromatic carbocycles. The SMILES string of the molecule is C.CC1(C)OB(c2cc(Cl)nc3[nH]ccc23)OC1(C)C.C[C@@H]1COCCN1c1cc(N2CCCN(C)S2(=O)=O)nc(-c2cc(Cl)nc3[nH]ccc23)n1.C[C@@H]1COCCN1c1cc(N2CCCN(C)S2(=O)=O)nc(Cl)n1. The van der Waals surface area contributed by atoms with Crippen LogP contribution in [0.3, 0.4) is 0 Å². The number of nitrogens with zero attached hydrogens (tertiary/aromatic N) is 12. The molecule has 0 radical (unpaired) electrons. The number of fused-ring (bicyclic) bond motifs is 2. The summed E-state index contributed by atoms with van der Waals surface area (Å²) in [6.07, 6.45) is 5.06. The molecule has 0 spiro atoms. The topological polar surface area (TPSA) is 234 Å². The van der Waals surface area contributed by atoms with Gasteiger partial charge in [0.25, 0.3) is 0 Å². The lowest BCUT2D eigenvalue weighted by Crippen LogP contribution is -2.48. The molecule has 5 saturated heterocycles. The van der Waals surface area contributed by atoms with Crippen molar-refractivity contribution in [2.24, 2.45) is 0 Å². The zero-order chi connectivity index (χ0) is 52.9. The van der Waals surface area contributed by atoms with Gasteiger partial charge >= 0.3 is 27.5 Å². The molecule has 11 rings (SSSR count). The molecule has 6 aromatic heterocycles. The second-order valence-corrected chi connectivity index (χ2v) is 24.6. The fraction of sp³-hybridized carbons (Fsp3) is 0.532. The molecule has 2 N–H and O–H groups in total. The maximum atomic E-state index is 13.1. The molecular formula is C47H64BCl3N14O8S2. The Hall–Kier alpha value is -4.67. The van der Waals surface area contributed by atoms with Crippen LogP contribution in [0, 0.1) is 0 Å². The number of morpholine rings is 2. The maximum Gasteiger partial charge on any atom is 0.495 e. The number of aromatic amines is 2. The quantitative estimate of drug-likeness (QED) is 0.108. The average Bonchev–Trinajstić information content (AvgIpc) is 4.07. The minimum absolute atomic E-state index is 0. The summed E-state index contributed by atoms with van der Waals surface area (Å²) in [4.78, 5) is 36.8. The lowest BCUT2D eigenvalue weighted by Gasteiger charge is -2.36. The first-order valence-corrected chi connectivity index (χ1v) is 28.2. The standard InChI is InChI=1S/C20H24ClN7O3S.C13H16BClN2O2.C13H20ClN5O3S.CH4/c1-13-12-31-9-8-27(13)17-11-18(28-7-3-6-26(2)32(28,29)30)25-20(24-17)15-10-16(21)23-19-14(15)4-5-22-19;1-12(2)13(3,4)19-14(18-12)9-7-10(15)17-11-8(9)5-6-16-11;1-10-9-22-7-6-18(10)11-8-12(16-13(14)15-11)19-5-3-4-17(2)23(19,20)21;/h4-5,10-11,13H,3,6-9,12H2,1-2H3,(H,22,23);5-7H,1-4H3,(H,16,17);8,10H,3-7,9H2,1-2H3;1H4/t13-;;10-;/m1.1./s1. The molecule has 0 saturated carbocycles. The fourth-order valence-corrected chi connectivity index (χ4v) is 12.5. The summed E-state index contributed by atoms with van der Waals surface area (Å²) in [5, 5.41) is 2.56. The third-order valence-corrected chi connectivity index (χ3v) is 18.3. The van der Waals surface area contributed by atoms with E-state index in [9.17, 15) is 16.8 Å². The molecule has 5 aliphatic rings. The number of aromatic nitrogens is 8. The van der Waals surface area contributed by atoms with Gasteiger partial charge in [0.05, 0.1) is 49.7 Å². The lowest BCUT2D eigenvalue weighted by molar-refractivity contribution is 0.00578. The third-order valence-electron chi connectivity index (χ3n) is 14.0. The summed E-state index contributed by atoms with van der Waals surface area (Å²) in [7, 11) is -4.50. The van der Waals surface area contributed by atoms with Crippen molar-refractivity contribution in [3.63, 3.8) is 0 Å². The molecule has 0 amide bonds. The van der Waals surface area contributed by atoms with Crippen molar-refractivity contribution in [2.75, 3.05) is 98.2 Å². The number of anilines is 4. The highest BCUT2D eigenvalue weighted by Crippen LogP contribution is 2.38. The second kappa shape index (κ2) is 22.4. The molecule has 0 unspecified atom stereocenters. The summed E-state index contributed by atoms with van der Waals surface area (Å²) < 4.78 is 79.5. The fourth-order valence-electron chi connectivity index (χ4n) is 9.15. The van der Waals surface area contributed by atoms with Crippen LogP contribution in [-0.2, 0) is 39.2 Å². The molecule has 406 valence electrons. The normalized spacial score (nSPS) is 22.6.